The number of rotatable bonds is 6. The van der Waals surface area contributed by atoms with Crippen LogP contribution in [-0.4, -0.2) is 24.5 Å². The highest BCUT2D eigenvalue weighted by Gasteiger charge is 2.21. The quantitative estimate of drug-likeness (QED) is 0.835. The molecule has 0 heterocycles. The fraction of sp³-hybridized carbons (Fsp3) is 0.263. The Labute approximate surface area is 136 Å². The number of nitrogens with one attached hydrogen (secondary N) is 1. The van der Waals surface area contributed by atoms with Crippen LogP contribution in [0.1, 0.15) is 19.4 Å². The molecule has 0 aliphatic heterocycles. The minimum absolute atomic E-state index is 0.246. The number of hydrogen-bond donors (Lipinski definition) is 1. The van der Waals surface area contributed by atoms with Crippen LogP contribution in [0, 0.1) is 0 Å². The van der Waals surface area contributed by atoms with Crippen LogP contribution in [0.5, 0.6) is 0 Å². The smallest absolute Gasteiger partial charge is 0.328 e. The van der Waals surface area contributed by atoms with Crippen LogP contribution in [0.4, 0.5) is 0 Å². The van der Waals surface area contributed by atoms with Crippen LogP contribution in [-0.2, 0) is 20.7 Å². The summed E-state index contributed by atoms with van der Waals surface area (Å²) >= 11 is 0. The van der Waals surface area contributed by atoms with Crippen molar-refractivity contribution in [3.05, 3.63) is 60.2 Å². The number of hydrogen-bond acceptors (Lipinski definition) is 3. The molecular weight excluding hydrogens is 290 g/mol. The zero-order valence-corrected chi connectivity index (χ0v) is 13.4. The second-order valence-corrected chi connectivity index (χ2v) is 5.27. The Kier molecular flexibility index (Phi) is 5.92. The van der Waals surface area contributed by atoms with E-state index in [0.29, 0.717) is 13.0 Å². The highest BCUT2D eigenvalue weighted by Crippen LogP contribution is 2.19. The highest BCUT2D eigenvalue weighted by atomic mass is 16.5. The maximum Gasteiger partial charge on any atom is 0.328 e. The van der Waals surface area contributed by atoms with Crippen LogP contribution < -0.4 is 5.32 Å². The number of ether oxygens (including phenoxy) is 1. The molecule has 1 amide bonds. The largest absolute Gasteiger partial charge is 0.464 e. The van der Waals surface area contributed by atoms with E-state index in [2.05, 4.69) is 5.32 Å². The SMILES string of the molecule is CCOC(=O)[C@H](Cc1ccc(-c2ccccc2)cc1)NC(C)=O. The van der Waals surface area contributed by atoms with Gasteiger partial charge in [0.1, 0.15) is 6.04 Å². The number of amides is 1. The van der Waals surface area contributed by atoms with E-state index in [0.717, 1.165) is 16.7 Å². The van der Waals surface area contributed by atoms with Crippen molar-refractivity contribution in [3.8, 4) is 11.1 Å². The fourth-order valence-electron chi connectivity index (χ4n) is 2.38. The van der Waals surface area contributed by atoms with Gasteiger partial charge in [0.2, 0.25) is 5.91 Å². The second-order valence-electron chi connectivity index (χ2n) is 5.27. The topological polar surface area (TPSA) is 55.4 Å². The molecule has 4 nitrogen and oxygen atoms in total. The van der Waals surface area contributed by atoms with Crippen molar-refractivity contribution >= 4 is 11.9 Å². The predicted molar refractivity (Wildman–Crippen MR) is 89.8 cm³/mol. The molecule has 0 unspecified atom stereocenters. The first-order chi connectivity index (χ1) is 11.1. The van der Waals surface area contributed by atoms with Crippen molar-refractivity contribution in [2.45, 2.75) is 26.3 Å². The molecule has 0 saturated heterocycles. The maximum absolute atomic E-state index is 11.9. The lowest BCUT2D eigenvalue weighted by atomic mass is 10.0. The molecular formula is C19H21NO3. The molecule has 0 aromatic heterocycles. The molecule has 2 aromatic carbocycles. The third-order valence-corrected chi connectivity index (χ3v) is 3.45. The molecule has 23 heavy (non-hydrogen) atoms. The van der Waals surface area contributed by atoms with Gasteiger partial charge in [-0.25, -0.2) is 4.79 Å². The van der Waals surface area contributed by atoms with E-state index in [1.54, 1.807) is 6.92 Å². The molecule has 0 radical (unpaired) electrons. The van der Waals surface area contributed by atoms with E-state index in [-0.39, 0.29) is 5.91 Å². The summed E-state index contributed by atoms with van der Waals surface area (Å²) < 4.78 is 5.02. The van der Waals surface area contributed by atoms with Gasteiger partial charge < -0.3 is 10.1 Å². The molecule has 0 bridgehead atoms. The number of esters is 1. The van der Waals surface area contributed by atoms with Gasteiger partial charge in [0.05, 0.1) is 6.61 Å². The Hall–Kier alpha value is -2.62. The standard InChI is InChI=1S/C19H21NO3/c1-3-23-19(22)18(20-14(2)21)13-15-9-11-17(12-10-15)16-7-5-4-6-8-16/h4-12,18H,3,13H2,1-2H3,(H,20,21)/t18-/m0/s1. The van der Waals surface area contributed by atoms with Crippen LogP contribution >= 0.6 is 0 Å². The van der Waals surface area contributed by atoms with Crippen LogP contribution in [0.25, 0.3) is 11.1 Å². The lowest BCUT2D eigenvalue weighted by Crippen LogP contribution is -2.42. The minimum atomic E-state index is -0.657. The first-order valence-corrected chi connectivity index (χ1v) is 7.68. The van der Waals surface area contributed by atoms with E-state index in [9.17, 15) is 9.59 Å². The van der Waals surface area contributed by atoms with Crippen molar-refractivity contribution in [1.29, 1.82) is 0 Å². The third kappa shape index (κ3) is 4.95. The average molecular weight is 311 g/mol. The van der Waals surface area contributed by atoms with Gasteiger partial charge in [0.15, 0.2) is 0 Å². The lowest BCUT2D eigenvalue weighted by Gasteiger charge is -2.16. The molecule has 2 aromatic rings. The van der Waals surface area contributed by atoms with Gasteiger partial charge in [-0.15, -0.1) is 0 Å². The van der Waals surface area contributed by atoms with Gasteiger partial charge in [0, 0.05) is 13.3 Å². The predicted octanol–water partition coefficient (Wildman–Crippen LogP) is 2.96. The molecule has 0 saturated carbocycles. The molecule has 1 N–H and O–H groups in total. The van der Waals surface area contributed by atoms with Crippen molar-refractivity contribution < 1.29 is 14.3 Å². The Balaban J connectivity index is 2.11. The average Bonchev–Trinajstić information content (AvgIpc) is 2.55. The zero-order chi connectivity index (χ0) is 16.7. The first kappa shape index (κ1) is 16.7. The first-order valence-electron chi connectivity index (χ1n) is 7.68. The summed E-state index contributed by atoms with van der Waals surface area (Å²) in [7, 11) is 0. The summed E-state index contributed by atoms with van der Waals surface area (Å²) in [6.45, 7) is 3.43. The summed E-state index contributed by atoms with van der Waals surface area (Å²) in [5.74, 6) is -0.654. The molecule has 1 atom stereocenters. The summed E-state index contributed by atoms with van der Waals surface area (Å²) in [5, 5.41) is 2.65. The second kappa shape index (κ2) is 8.13. The van der Waals surface area contributed by atoms with Crippen LogP contribution in [0.15, 0.2) is 54.6 Å². The highest BCUT2D eigenvalue weighted by molar-refractivity contribution is 5.83. The van der Waals surface area contributed by atoms with E-state index >= 15 is 0 Å². The van der Waals surface area contributed by atoms with Gasteiger partial charge in [-0.3, -0.25) is 4.79 Å². The van der Waals surface area contributed by atoms with Crippen molar-refractivity contribution in [2.75, 3.05) is 6.61 Å². The van der Waals surface area contributed by atoms with E-state index in [1.165, 1.54) is 6.92 Å². The van der Waals surface area contributed by atoms with Crippen molar-refractivity contribution in [1.82, 2.24) is 5.32 Å². The molecule has 2 rings (SSSR count). The Morgan fingerprint density at radius 2 is 1.61 bits per heavy atom. The Morgan fingerprint density at radius 1 is 1.00 bits per heavy atom. The number of carbonyl (C=O) groups is 2. The summed E-state index contributed by atoms with van der Waals surface area (Å²) in [6.07, 6.45) is 0.410. The molecule has 120 valence electrons. The lowest BCUT2D eigenvalue weighted by molar-refractivity contribution is -0.147. The fourth-order valence-corrected chi connectivity index (χ4v) is 2.38. The van der Waals surface area contributed by atoms with Gasteiger partial charge in [-0.1, -0.05) is 54.6 Å². The summed E-state index contributed by atoms with van der Waals surface area (Å²) in [4.78, 5) is 23.2. The van der Waals surface area contributed by atoms with E-state index < -0.39 is 12.0 Å². The molecule has 0 aliphatic rings. The number of carbonyl (C=O) groups excluding carboxylic acids is 2. The molecule has 0 aliphatic carbocycles. The number of benzene rings is 2. The van der Waals surface area contributed by atoms with Gasteiger partial charge in [-0.05, 0) is 23.6 Å². The van der Waals surface area contributed by atoms with E-state index in [1.807, 2.05) is 54.6 Å². The monoisotopic (exact) mass is 311 g/mol. The van der Waals surface area contributed by atoms with Crippen molar-refractivity contribution in [2.24, 2.45) is 0 Å². The molecule has 0 spiro atoms. The summed E-state index contributed by atoms with van der Waals surface area (Å²) in [5.41, 5.74) is 3.22. The molecule has 0 fully saturated rings. The Bertz CT molecular complexity index is 650. The van der Waals surface area contributed by atoms with Gasteiger partial charge in [-0.2, -0.15) is 0 Å². The zero-order valence-electron chi connectivity index (χ0n) is 13.4. The third-order valence-electron chi connectivity index (χ3n) is 3.45. The van der Waals surface area contributed by atoms with Gasteiger partial charge >= 0.3 is 5.97 Å². The van der Waals surface area contributed by atoms with Crippen molar-refractivity contribution in [3.63, 3.8) is 0 Å². The Morgan fingerprint density at radius 3 is 2.17 bits per heavy atom. The summed E-state index contributed by atoms with van der Waals surface area (Å²) in [6, 6.07) is 17.4. The maximum atomic E-state index is 11.9. The van der Waals surface area contributed by atoms with Gasteiger partial charge in [0.25, 0.3) is 0 Å². The normalized spacial score (nSPS) is 11.6. The minimum Gasteiger partial charge on any atom is -0.464 e. The van der Waals surface area contributed by atoms with Crippen LogP contribution in [0.3, 0.4) is 0 Å². The van der Waals surface area contributed by atoms with E-state index in [4.69, 9.17) is 4.74 Å². The molecule has 4 heteroatoms. The van der Waals surface area contributed by atoms with Crippen LogP contribution in [0.2, 0.25) is 0 Å².